The SMILES string of the molecule is CCCc1nccn1-c1cnc(CO)cn1. The third kappa shape index (κ3) is 2.09. The third-order valence-corrected chi connectivity index (χ3v) is 2.29. The molecule has 0 aliphatic rings. The highest BCUT2D eigenvalue weighted by Crippen LogP contribution is 2.08. The Morgan fingerprint density at radius 2 is 2.12 bits per heavy atom. The van der Waals surface area contributed by atoms with E-state index in [2.05, 4.69) is 21.9 Å². The smallest absolute Gasteiger partial charge is 0.156 e. The van der Waals surface area contributed by atoms with Gasteiger partial charge in [-0.05, 0) is 6.42 Å². The van der Waals surface area contributed by atoms with Crippen LogP contribution in [-0.2, 0) is 13.0 Å². The molecule has 5 nitrogen and oxygen atoms in total. The first kappa shape index (κ1) is 10.8. The minimum absolute atomic E-state index is 0.0843. The average molecular weight is 218 g/mol. The lowest BCUT2D eigenvalue weighted by Crippen LogP contribution is -2.04. The van der Waals surface area contributed by atoms with E-state index in [0.29, 0.717) is 5.69 Å². The summed E-state index contributed by atoms with van der Waals surface area (Å²) in [6.45, 7) is 2.03. The first-order valence-corrected chi connectivity index (χ1v) is 5.29. The Morgan fingerprint density at radius 1 is 1.25 bits per heavy atom. The van der Waals surface area contributed by atoms with Gasteiger partial charge in [0.1, 0.15) is 5.82 Å². The van der Waals surface area contributed by atoms with Crippen LogP contribution in [0.15, 0.2) is 24.8 Å². The quantitative estimate of drug-likeness (QED) is 0.834. The van der Waals surface area contributed by atoms with E-state index in [9.17, 15) is 0 Å². The van der Waals surface area contributed by atoms with E-state index < -0.39 is 0 Å². The van der Waals surface area contributed by atoms with Gasteiger partial charge >= 0.3 is 0 Å². The second-order valence-corrected chi connectivity index (χ2v) is 3.49. The van der Waals surface area contributed by atoms with Crippen LogP contribution >= 0.6 is 0 Å². The Balaban J connectivity index is 2.31. The lowest BCUT2D eigenvalue weighted by atomic mass is 10.3. The zero-order valence-corrected chi connectivity index (χ0v) is 9.17. The van der Waals surface area contributed by atoms with Gasteiger partial charge in [-0.15, -0.1) is 0 Å². The number of hydrogen-bond donors (Lipinski definition) is 1. The second-order valence-electron chi connectivity index (χ2n) is 3.49. The van der Waals surface area contributed by atoms with Crippen molar-refractivity contribution in [1.82, 2.24) is 19.5 Å². The Labute approximate surface area is 93.8 Å². The van der Waals surface area contributed by atoms with Crippen molar-refractivity contribution in [1.29, 1.82) is 0 Å². The molecule has 0 fully saturated rings. The van der Waals surface area contributed by atoms with E-state index in [1.165, 1.54) is 0 Å². The standard InChI is InChI=1S/C11H14N4O/c1-2-3-10-12-4-5-15(10)11-7-13-9(8-16)6-14-11/h4-7,16H,2-3,8H2,1H3. The number of nitrogens with zero attached hydrogens (tertiary/aromatic N) is 4. The highest BCUT2D eigenvalue weighted by atomic mass is 16.3. The van der Waals surface area contributed by atoms with Gasteiger partial charge in [-0.1, -0.05) is 6.92 Å². The molecule has 2 rings (SSSR count). The summed E-state index contributed by atoms with van der Waals surface area (Å²) in [6, 6.07) is 0. The molecule has 0 unspecified atom stereocenters. The normalized spacial score (nSPS) is 10.6. The second kappa shape index (κ2) is 4.85. The van der Waals surface area contributed by atoms with Crippen molar-refractivity contribution in [2.24, 2.45) is 0 Å². The molecular formula is C11H14N4O. The summed E-state index contributed by atoms with van der Waals surface area (Å²) in [5.41, 5.74) is 0.570. The van der Waals surface area contributed by atoms with E-state index >= 15 is 0 Å². The summed E-state index contributed by atoms with van der Waals surface area (Å²) < 4.78 is 1.91. The predicted octanol–water partition coefficient (Wildman–Crippen LogP) is 1.11. The number of aromatic nitrogens is 4. The van der Waals surface area contributed by atoms with E-state index in [1.807, 2.05) is 10.8 Å². The lowest BCUT2D eigenvalue weighted by molar-refractivity contribution is 0.276. The van der Waals surface area contributed by atoms with Crippen LogP contribution in [0.1, 0.15) is 24.9 Å². The number of imidazole rings is 1. The molecule has 2 aromatic heterocycles. The van der Waals surface area contributed by atoms with E-state index in [1.54, 1.807) is 18.6 Å². The molecule has 0 aliphatic heterocycles. The van der Waals surface area contributed by atoms with Crippen LogP contribution in [0.5, 0.6) is 0 Å². The van der Waals surface area contributed by atoms with Crippen LogP contribution in [0.25, 0.3) is 5.82 Å². The molecule has 2 aromatic rings. The number of aliphatic hydroxyl groups is 1. The number of hydrogen-bond acceptors (Lipinski definition) is 4. The highest BCUT2D eigenvalue weighted by molar-refractivity contribution is 5.21. The van der Waals surface area contributed by atoms with Crippen LogP contribution in [-0.4, -0.2) is 24.6 Å². The molecule has 0 bridgehead atoms. The van der Waals surface area contributed by atoms with Gasteiger partial charge in [-0.3, -0.25) is 9.55 Å². The zero-order chi connectivity index (χ0) is 11.4. The fraction of sp³-hybridized carbons (Fsp3) is 0.364. The maximum Gasteiger partial charge on any atom is 0.156 e. The maximum atomic E-state index is 8.88. The monoisotopic (exact) mass is 218 g/mol. The molecular weight excluding hydrogens is 204 g/mol. The van der Waals surface area contributed by atoms with E-state index in [-0.39, 0.29) is 6.61 Å². The molecule has 0 aromatic carbocycles. The van der Waals surface area contributed by atoms with Crippen molar-refractivity contribution in [2.75, 3.05) is 0 Å². The number of aliphatic hydroxyl groups excluding tert-OH is 1. The van der Waals surface area contributed by atoms with Gasteiger partial charge in [0.25, 0.3) is 0 Å². The molecule has 84 valence electrons. The minimum Gasteiger partial charge on any atom is -0.390 e. The molecule has 1 N–H and O–H groups in total. The maximum absolute atomic E-state index is 8.88. The summed E-state index contributed by atoms with van der Waals surface area (Å²) in [5, 5.41) is 8.88. The third-order valence-electron chi connectivity index (χ3n) is 2.29. The van der Waals surface area contributed by atoms with Crippen LogP contribution in [0.3, 0.4) is 0 Å². The van der Waals surface area contributed by atoms with Crippen LogP contribution in [0.2, 0.25) is 0 Å². The molecule has 2 heterocycles. The summed E-state index contributed by atoms with van der Waals surface area (Å²) in [6.07, 6.45) is 8.80. The Hall–Kier alpha value is -1.75. The fourth-order valence-corrected chi connectivity index (χ4v) is 1.51. The molecule has 0 radical (unpaired) electrons. The topological polar surface area (TPSA) is 63.8 Å². The molecule has 0 saturated carbocycles. The molecule has 5 heteroatoms. The molecule has 16 heavy (non-hydrogen) atoms. The molecule has 0 saturated heterocycles. The van der Waals surface area contributed by atoms with Gasteiger partial charge in [0.15, 0.2) is 5.82 Å². The summed E-state index contributed by atoms with van der Waals surface area (Å²) in [5.74, 6) is 1.71. The first-order chi connectivity index (χ1) is 7.85. The van der Waals surface area contributed by atoms with Crippen molar-refractivity contribution < 1.29 is 5.11 Å². The summed E-state index contributed by atoms with van der Waals surface area (Å²) in [4.78, 5) is 12.6. The van der Waals surface area contributed by atoms with Crippen LogP contribution in [0, 0.1) is 0 Å². The van der Waals surface area contributed by atoms with Crippen molar-refractivity contribution in [3.8, 4) is 5.82 Å². The largest absolute Gasteiger partial charge is 0.390 e. The number of aryl methyl sites for hydroxylation is 1. The molecule has 0 atom stereocenters. The zero-order valence-electron chi connectivity index (χ0n) is 9.17. The van der Waals surface area contributed by atoms with Gasteiger partial charge in [-0.2, -0.15) is 0 Å². The van der Waals surface area contributed by atoms with Crippen LogP contribution < -0.4 is 0 Å². The van der Waals surface area contributed by atoms with Crippen molar-refractivity contribution in [3.05, 3.63) is 36.3 Å². The first-order valence-electron chi connectivity index (χ1n) is 5.29. The van der Waals surface area contributed by atoms with Gasteiger partial charge in [-0.25, -0.2) is 9.97 Å². The van der Waals surface area contributed by atoms with Crippen molar-refractivity contribution in [3.63, 3.8) is 0 Å². The lowest BCUT2D eigenvalue weighted by Gasteiger charge is -2.05. The highest BCUT2D eigenvalue weighted by Gasteiger charge is 2.05. The van der Waals surface area contributed by atoms with Crippen LogP contribution in [0.4, 0.5) is 0 Å². The average Bonchev–Trinajstić information content (AvgIpc) is 2.78. The van der Waals surface area contributed by atoms with Crippen molar-refractivity contribution in [2.45, 2.75) is 26.4 Å². The van der Waals surface area contributed by atoms with E-state index in [0.717, 1.165) is 24.5 Å². The van der Waals surface area contributed by atoms with Gasteiger partial charge in [0.2, 0.25) is 0 Å². The molecule has 0 amide bonds. The minimum atomic E-state index is -0.0843. The Bertz CT molecular complexity index is 449. The summed E-state index contributed by atoms with van der Waals surface area (Å²) in [7, 11) is 0. The van der Waals surface area contributed by atoms with Gasteiger partial charge in [0, 0.05) is 18.8 Å². The molecule has 0 aliphatic carbocycles. The van der Waals surface area contributed by atoms with Gasteiger partial charge in [0.05, 0.1) is 24.7 Å². The van der Waals surface area contributed by atoms with E-state index in [4.69, 9.17) is 5.11 Å². The Morgan fingerprint density at radius 3 is 2.75 bits per heavy atom. The predicted molar refractivity (Wildman–Crippen MR) is 59.1 cm³/mol. The summed E-state index contributed by atoms with van der Waals surface area (Å²) >= 11 is 0. The Kier molecular flexibility index (Phi) is 3.26. The fourth-order valence-electron chi connectivity index (χ4n) is 1.51. The number of rotatable bonds is 4. The van der Waals surface area contributed by atoms with Gasteiger partial charge < -0.3 is 5.11 Å². The van der Waals surface area contributed by atoms with Crippen molar-refractivity contribution >= 4 is 0 Å². The molecule has 0 spiro atoms.